The van der Waals surface area contributed by atoms with Gasteiger partial charge in [0.25, 0.3) is 0 Å². The summed E-state index contributed by atoms with van der Waals surface area (Å²) < 4.78 is 26.3. The van der Waals surface area contributed by atoms with Gasteiger partial charge in [-0.15, -0.1) is 0 Å². The van der Waals surface area contributed by atoms with E-state index in [2.05, 4.69) is 43.5 Å². The monoisotopic (exact) mass is 395 g/mol. The molecule has 0 aromatic rings. The zero-order valence-electron chi connectivity index (χ0n) is 17.5. The van der Waals surface area contributed by atoms with E-state index in [1.165, 1.54) is 0 Å². The fraction of sp³-hybridized carbons (Fsp3) is 1.00. The average molecular weight is 396 g/mol. The molecule has 0 aliphatic rings. The average Bonchev–Trinajstić information content (AvgIpc) is 2.40. The SMILES string of the molecule is CCO[Si](CCOCCN([Si](C)(C)C)[Si](C)(C)C)(OCC)OCC. The van der Waals surface area contributed by atoms with Gasteiger partial charge in [0.15, 0.2) is 0 Å². The maximum absolute atomic E-state index is 5.95. The summed E-state index contributed by atoms with van der Waals surface area (Å²) in [6.07, 6.45) is 0. The Bertz CT molecular complexity index is 301. The van der Waals surface area contributed by atoms with E-state index in [1.807, 2.05) is 20.8 Å². The van der Waals surface area contributed by atoms with Gasteiger partial charge in [0.05, 0.1) is 13.2 Å². The summed E-state index contributed by atoms with van der Waals surface area (Å²) in [5, 5.41) is 0. The summed E-state index contributed by atoms with van der Waals surface area (Å²) in [6, 6.07) is 0.725. The molecule has 0 saturated heterocycles. The predicted octanol–water partition coefficient (Wildman–Crippen LogP) is 4.02. The van der Waals surface area contributed by atoms with Gasteiger partial charge in [0.2, 0.25) is 0 Å². The molecular formula is C16H41NO4Si3. The third-order valence-electron chi connectivity index (χ3n) is 3.72. The van der Waals surface area contributed by atoms with Crippen molar-refractivity contribution in [1.29, 1.82) is 0 Å². The highest BCUT2D eigenvalue weighted by Crippen LogP contribution is 2.19. The van der Waals surface area contributed by atoms with Crippen LogP contribution in [0.4, 0.5) is 0 Å². The molecule has 0 heterocycles. The number of ether oxygens (including phenoxy) is 1. The van der Waals surface area contributed by atoms with Crippen LogP contribution in [0.3, 0.4) is 0 Å². The molecule has 5 nitrogen and oxygen atoms in total. The van der Waals surface area contributed by atoms with E-state index in [1.54, 1.807) is 0 Å². The largest absolute Gasteiger partial charge is 0.503 e. The van der Waals surface area contributed by atoms with E-state index in [0.29, 0.717) is 26.4 Å². The summed E-state index contributed by atoms with van der Waals surface area (Å²) in [6.45, 7) is 24.8. The lowest BCUT2D eigenvalue weighted by Gasteiger charge is -2.43. The molecule has 0 aromatic carbocycles. The van der Waals surface area contributed by atoms with Crippen LogP contribution in [-0.2, 0) is 18.0 Å². The fourth-order valence-corrected chi connectivity index (χ4v) is 15.1. The summed E-state index contributed by atoms with van der Waals surface area (Å²) in [7, 11) is -5.18. The Hall–Kier alpha value is 0.451. The second-order valence-electron chi connectivity index (χ2n) is 7.84. The Labute approximate surface area is 153 Å². The maximum Gasteiger partial charge on any atom is 0.503 e. The van der Waals surface area contributed by atoms with Crippen LogP contribution in [-0.4, -0.2) is 69.1 Å². The molecule has 0 fully saturated rings. The van der Waals surface area contributed by atoms with E-state index in [-0.39, 0.29) is 0 Å². The Balaban J connectivity index is 4.47. The molecule has 0 spiro atoms. The summed E-state index contributed by atoms with van der Waals surface area (Å²) in [5.41, 5.74) is 0. The van der Waals surface area contributed by atoms with E-state index in [9.17, 15) is 0 Å². The maximum atomic E-state index is 5.95. The second kappa shape index (κ2) is 11.2. The lowest BCUT2D eigenvalue weighted by Crippen LogP contribution is -2.60. The molecule has 24 heavy (non-hydrogen) atoms. The van der Waals surface area contributed by atoms with Gasteiger partial charge in [-0.2, -0.15) is 0 Å². The zero-order chi connectivity index (χ0) is 18.9. The van der Waals surface area contributed by atoms with Crippen molar-refractivity contribution in [2.75, 3.05) is 39.6 Å². The van der Waals surface area contributed by atoms with E-state index in [4.69, 9.17) is 18.0 Å². The normalized spacial score (nSPS) is 13.8. The number of rotatable bonds is 14. The molecule has 0 atom stereocenters. The molecule has 0 unspecified atom stereocenters. The topological polar surface area (TPSA) is 40.2 Å². The second-order valence-corrected chi connectivity index (χ2v) is 20.8. The highest BCUT2D eigenvalue weighted by molar-refractivity contribution is 6.89. The van der Waals surface area contributed by atoms with Gasteiger partial charge in [-0.05, 0) is 20.8 Å². The van der Waals surface area contributed by atoms with Crippen LogP contribution in [0.25, 0.3) is 0 Å². The molecule has 0 bridgehead atoms. The molecule has 0 saturated carbocycles. The number of nitrogens with zero attached hydrogens (tertiary/aromatic N) is 1. The van der Waals surface area contributed by atoms with Crippen molar-refractivity contribution in [1.82, 2.24) is 4.23 Å². The minimum atomic E-state index is -2.57. The molecule has 0 amide bonds. The summed E-state index contributed by atoms with van der Waals surface area (Å²) >= 11 is 0. The van der Waals surface area contributed by atoms with Crippen LogP contribution in [0.15, 0.2) is 0 Å². The van der Waals surface area contributed by atoms with Gasteiger partial charge in [-0.1, -0.05) is 39.3 Å². The molecule has 0 aliphatic carbocycles. The number of hydrogen-bond donors (Lipinski definition) is 0. The molecular weight excluding hydrogens is 354 g/mol. The minimum Gasteiger partial charge on any atom is -0.380 e. The van der Waals surface area contributed by atoms with Gasteiger partial charge in [0, 0.05) is 32.4 Å². The van der Waals surface area contributed by atoms with Gasteiger partial charge < -0.3 is 22.2 Å². The van der Waals surface area contributed by atoms with Gasteiger partial charge in [-0.25, -0.2) is 0 Å². The van der Waals surface area contributed by atoms with Crippen molar-refractivity contribution in [3.63, 3.8) is 0 Å². The first-order valence-corrected chi connectivity index (χ1v) is 18.1. The van der Waals surface area contributed by atoms with Gasteiger partial charge in [-0.3, -0.25) is 0 Å². The Morgan fingerprint density at radius 2 is 1.08 bits per heavy atom. The zero-order valence-corrected chi connectivity index (χ0v) is 20.5. The van der Waals surface area contributed by atoms with Gasteiger partial charge in [0.1, 0.15) is 16.5 Å². The van der Waals surface area contributed by atoms with Crippen LogP contribution in [0.1, 0.15) is 20.8 Å². The van der Waals surface area contributed by atoms with Crippen LogP contribution < -0.4 is 0 Å². The third kappa shape index (κ3) is 9.23. The van der Waals surface area contributed by atoms with Crippen molar-refractivity contribution in [3.8, 4) is 0 Å². The van der Waals surface area contributed by atoms with Crippen molar-refractivity contribution in [3.05, 3.63) is 0 Å². The van der Waals surface area contributed by atoms with E-state index < -0.39 is 25.3 Å². The molecule has 0 rings (SSSR count). The third-order valence-corrected chi connectivity index (χ3v) is 14.4. The summed E-state index contributed by atoms with van der Waals surface area (Å²) in [5.74, 6) is 0. The molecule has 0 radical (unpaired) electrons. The molecule has 0 aromatic heterocycles. The van der Waals surface area contributed by atoms with Crippen LogP contribution in [0, 0.1) is 0 Å². The first kappa shape index (κ1) is 24.5. The Kier molecular flexibility index (Phi) is 11.4. The molecule has 0 aliphatic heterocycles. The summed E-state index contributed by atoms with van der Waals surface area (Å²) in [4.78, 5) is 0. The smallest absolute Gasteiger partial charge is 0.380 e. The van der Waals surface area contributed by atoms with Gasteiger partial charge >= 0.3 is 8.80 Å². The molecule has 8 heteroatoms. The number of hydrogen-bond acceptors (Lipinski definition) is 5. The quantitative estimate of drug-likeness (QED) is 0.328. The molecule has 146 valence electrons. The Morgan fingerprint density at radius 3 is 1.42 bits per heavy atom. The van der Waals surface area contributed by atoms with Crippen LogP contribution in [0.5, 0.6) is 0 Å². The minimum absolute atomic E-state index is 0.616. The van der Waals surface area contributed by atoms with E-state index in [0.717, 1.165) is 19.2 Å². The van der Waals surface area contributed by atoms with Crippen molar-refractivity contribution >= 4 is 25.3 Å². The highest BCUT2D eigenvalue weighted by Gasteiger charge is 2.40. The van der Waals surface area contributed by atoms with Crippen LogP contribution >= 0.6 is 0 Å². The molecule has 0 N–H and O–H groups in total. The van der Waals surface area contributed by atoms with E-state index >= 15 is 0 Å². The predicted molar refractivity (Wildman–Crippen MR) is 110 cm³/mol. The first-order valence-electron chi connectivity index (χ1n) is 9.29. The van der Waals surface area contributed by atoms with Crippen molar-refractivity contribution in [2.24, 2.45) is 0 Å². The lowest BCUT2D eigenvalue weighted by atomic mass is 10.7. The van der Waals surface area contributed by atoms with Crippen LogP contribution in [0.2, 0.25) is 45.3 Å². The van der Waals surface area contributed by atoms with Crippen molar-refractivity contribution in [2.45, 2.75) is 66.1 Å². The highest BCUT2D eigenvalue weighted by atomic mass is 28.4. The standard InChI is InChI=1S/C16H41NO4Si3/c1-10-19-24(20-11-2,21-12-3)16-15-18-14-13-17(22(4,5)6)23(7,8)9/h10-16H2,1-9H3. The lowest BCUT2D eigenvalue weighted by molar-refractivity contribution is 0.0574. The Morgan fingerprint density at radius 1 is 0.667 bits per heavy atom. The van der Waals surface area contributed by atoms with Crippen molar-refractivity contribution < 1.29 is 18.0 Å². The fourth-order valence-electron chi connectivity index (χ4n) is 3.13. The first-order chi connectivity index (χ1) is 11.0.